The van der Waals surface area contributed by atoms with Crippen molar-refractivity contribution in [2.24, 2.45) is 5.92 Å². The van der Waals surface area contributed by atoms with Crippen molar-refractivity contribution < 1.29 is 13.3 Å². The Balaban J connectivity index is 1.10. The molecule has 0 fully saturated rings. The number of fused-ring (bicyclic) bond motifs is 13. The van der Waals surface area contributed by atoms with Gasteiger partial charge in [-0.1, -0.05) is 187 Å². The molecule has 13 rings (SSSR count). The van der Waals surface area contributed by atoms with E-state index in [1.54, 1.807) is 0 Å². The standard InChI is InChI=1S/C66H56N2O3/c1-39-21-9-15-33-53(39)67(55-35-19-29-47-45-27-17-31-51(65(3,4)5)61(45)70-63(47)55)57-37-49-50-38-58(42-24-12-14-26-44(42)60(50)69-59(49)43-25-13-11-23-41(43)57)68(54-34-16-10-22-40(54)2)56-36-20-30-48-46-28-18-32-52(66(6,7)8)62(46)71-64(48)56/h9-38,41,43H,1-8H3. The smallest absolute Gasteiger partial charge is 0.159 e. The molecule has 11 aromatic rings. The van der Waals surface area contributed by atoms with Crippen molar-refractivity contribution in [3.05, 3.63) is 215 Å². The maximum atomic E-state index is 7.31. The van der Waals surface area contributed by atoms with Crippen molar-refractivity contribution in [3.63, 3.8) is 0 Å². The number of aryl methyl sites for hydroxylation is 2. The highest BCUT2D eigenvalue weighted by Crippen LogP contribution is 2.54. The average molecular weight is 925 g/mol. The molecule has 348 valence electrons. The lowest BCUT2D eigenvalue weighted by atomic mass is 9.77. The molecule has 2 aliphatic carbocycles. The second kappa shape index (κ2) is 15.7. The number of nitrogens with zero attached hydrogens (tertiary/aromatic N) is 2. The van der Waals surface area contributed by atoms with Crippen LogP contribution >= 0.6 is 0 Å². The van der Waals surface area contributed by atoms with E-state index in [0.29, 0.717) is 0 Å². The third-order valence-corrected chi connectivity index (χ3v) is 15.1. The number of anilines is 5. The SMILES string of the molecule is Cc1ccccc1N(C1=Cc2c(oc3c2cc(N(c2ccccc2C)c2cccc4c2oc2c(C(C)(C)C)cccc24)c2ccccc23)C2C=CC=CC12)c1cccc2c1oc1c(C(C)(C)C)cccc12. The summed E-state index contributed by atoms with van der Waals surface area (Å²) in [4.78, 5) is 4.89. The first-order valence-electron chi connectivity index (χ1n) is 25.0. The van der Waals surface area contributed by atoms with Gasteiger partial charge in [0.1, 0.15) is 22.5 Å². The Morgan fingerprint density at radius 2 is 0.817 bits per heavy atom. The van der Waals surface area contributed by atoms with Gasteiger partial charge in [0.05, 0.1) is 17.1 Å². The zero-order valence-corrected chi connectivity index (χ0v) is 41.6. The van der Waals surface area contributed by atoms with Crippen molar-refractivity contribution in [2.75, 3.05) is 9.80 Å². The van der Waals surface area contributed by atoms with Gasteiger partial charge >= 0.3 is 0 Å². The van der Waals surface area contributed by atoms with Crippen LogP contribution in [0.1, 0.15) is 81.0 Å². The Labute approximate surface area is 414 Å². The molecular formula is C66H56N2O3. The quantitative estimate of drug-likeness (QED) is 0.166. The molecule has 2 aliphatic rings. The van der Waals surface area contributed by atoms with E-state index in [2.05, 4.69) is 247 Å². The van der Waals surface area contributed by atoms with Gasteiger partial charge < -0.3 is 23.1 Å². The summed E-state index contributed by atoms with van der Waals surface area (Å²) < 4.78 is 21.6. The number of hydrogen-bond acceptors (Lipinski definition) is 5. The van der Waals surface area contributed by atoms with Gasteiger partial charge in [-0.25, -0.2) is 0 Å². The fourth-order valence-electron chi connectivity index (χ4n) is 11.7. The van der Waals surface area contributed by atoms with E-state index in [1.807, 2.05) is 0 Å². The molecule has 3 heterocycles. The van der Waals surface area contributed by atoms with E-state index in [-0.39, 0.29) is 22.7 Å². The zero-order chi connectivity index (χ0) is 48.5. The first kappa shape index (κ1) is 43.0. The second-order valence-electron chi connectivity index (χ2n) is 21.7. The van der Waals surface area contributed by atoms with Crippen LogP contribution in [0.3, 0.4) is 0 Å². The molecule has 3 aromatic heterocycles. The number of furan rings is 3. The topological polar surface area (TPSA) is 45.9 Å². The largest absolute Gasteiger partial charge is 0.459 e. The van der Waals surface area contributed by atoms with Crippen LogP contribution in [0.5, 0.6) is 0 Å². The van der Waals surface area contributed by atoms with E-state index in [9.17, 15) is 0 Å². The van der Waals surface area contributed by atoms with Crippen LogP contribution < -0.4 is 9.80 Å². The van der Waals surface area contributed by atoms with Crippen LogP contribution in [-0.4, -0.2) is 0 Å². The highest BCUT2D eigenvalue weighted by molar-refractivity contribution is 6.18. The number of hydrogen-bond donors (Lipinski definition) is 0. The molecule has 0 spiro atoms. The summed E-state index contributed by atoms with van der Waals surface area (Å²) in [7, 11) is 0. The highest BCUT2D eigenvalue weighted by atomic mass is 16.3. The number of para-hydroxylation sites is 6. The number of benzene rings is 8. The second-order valence-corrected chi connectivity index (χ2v) is 21.7. The lowest BCUT2D eigenvalue weighted by Gasteiger charge is -2.38. The Kier molecular flexibility index (Phi) is 9.54. The summed E-state index contributed by atoms with van der Waals surface area (Å²) in [5.74, 6) is 0.872. The first-order valence-corrected chi connectivity index (χ1v) is 25.0. The van der Waals surface area contributed by atoms with Crippen molar-refractivity contribution in [3.8, 4) is 0 Å². The zero-order valence-electron chi connectivity index (χ0n) is 41.6. The molecular weight excluding hydrogens is 869 g/mol. The van der Waals surface area contributed by atoms with Gasteiger partial charge in [-0.05, 0) is 72.2 Å². The lowest BCUT2D eigenvalue weighted by Crippen LogP contribution is -2.29. The van der Waals surface area contributed by atoms with Gasteiger partial charge in [0, 0.05) is 83.3 Å². The maximum absolute atomic E-state index is 7.31. The summed E-state index contributed by atoms with van der Waals surface area (Å²) in [6, 6.07) is 54.8. The molecule has 0 saturated carbocycles. The molecule has 0 N–H and O–H groups in total. The summed E-state index contributed by atoms with van der Waals surface area (Å²) in [5, 5.41) is 7.64. The molecule has 2 atom stereocenters. The summed E-state index contributed by atoms with van der Waals surface area (Å²) in [5.41, 5.74) is 16.4. The molecule has 0 aliphatic heterocycles. The maximum Gasteiger partial charge on any atom is 0.159 e. The number of rotatable bonds is 6. The van der Waals surface area contributed by atoms with Crippen molar-refractivity contribution in [2.45, 2.75) is 72.1 Å². The monoisotopic (exact) mass is 924 g/mol. The summed E-state index contributed by atoms with van der Waals surface area (Å²) >= 11 is 0. The van der Waals surface area contributed by atoms with Crippen molar-refractivity contribution in [1.29, 1.82) is 0 Å². The van der Waals surface area contributed by atoms with Crippen molar-refractivity contribution in [1.82, 2.24) is 0 Å². The minimum atomic E-state index is -0.108. The predicted octanol–water partition coefficient (Wildman–Crippen LogP) is 19.1. The normalized spacial score (nSPS) is 15.9. The molecule has 0 amide bonds. The van der Waals surface area contributed by atoms with Gasteiger partial charge in [-0.2, -0.15) is 0 Å². The van der Waals surface area contributed by atoms with E-state index in [0.717, 1.165) is 117 Å². The molecule has 0 radical (unpaired) electrons. The van der Waals surface area contributed by atoms with E-state index in [1.165, 1.54) is 16.7 Å². The van der Waals surface area contributed by atoms with E-state index < -0.39 is 0 Å². The number of allylic oxidation sites excluding steroid dienone is 4. The third kappa shape index (κ3) is 6.59. The van der Waals surface area contributed by atoms with Crippen LogP contribution in [0.15, 0.2) is 195 Å². The fraction of sp³-hybridized carbons (Fsp3) is 0.182. The van der Waals surface area contributed by atoms with E-state index >= 15 is 0 Å². The van der Waals surface area contributed by atoms with Gasteiger partial charge in [0.15, 0.2) is 11.2 Å². The van der Waals surface area contributed by atoms with Crippen molar-refractivity contribution >= 4 is 100 Å². The summed E-state index contributed by atoms with van der Waals surface area (Å²) in [6.07, 6.45) is 11.4. The van der Waals surface area contributed by atoms with Crippen LogP contribution in [0.25, 0.3) is 71.7 Å². The molecule has 5 nitrogen and oxygen atoms in total. The van der Waals surface area contributed by atoms with Crippen LogP contribution in [-0.2, 0) is 10.8 Å². The first-order chi connectivity index (χ1) is 34.3. The van der Waals surface area contributed by atoms with Crippen LogP contribution in [0.4, 0.5) is 28.4 Å². The fourth-order valence-corrected chi connectivity index (χ4v) is 11.7. The Morgan fingerprint density at radius 3 is 1.38 bits per heavy atom. The predicted molar refractivity (Wildman–Crippen MR) is 297 cm³/mol. The lowest BCUT2D eigenvalue weighted by molar-refractivity contribution is 0.482. The highest BCUT2D eigenvalue weighted by Gasteiger charge is 2.39. The van der Waals surface area contributed by atoms with Gasteiger partial charge in [0.2, 0.25) is 0 Å². The Hall–Kier alpha value is -8.02. The van der Waals surface area contributed by atoms with E-state index in [4.69, 9.17) is 13.3 Å². The molecule has 0 bridgehead atoms. The minimum absolute atomic E-state index is 0.0321. The third-order valence-electron chi connectivity index (χ3n) is 15.1. The van der Waals surface area contributed by atoms with Gasteiger partial charge in [-0.15, -0.1) is 0 Å². The molecule has 0 saturated heterocycles. The van der Waals surface area contributed by atoms with Crippen LogP contribution in [0, 0.1) is 19.8 Å². The molecule has 71 heavy (non-hydrogen) atoms. The Morgan fingerprint density at radius 1 is 0.380 bits per heavy atom. The average Bonchev–Trinajstić information content (AvgIpc) is 4.07. The summed E-state index contributed by atoms with van der Waals surface area (Å²) in [6.45, 7) is 18.0. The van der Waals surface area contributed by atoms with Gasteiger partial charge in [0.25, 0.3) is 0 Å². The molecule has 5 heteroatoms. The molecule has 2 unspecified atom stereocenters. The minimum Gasteiger partial charge on any atom is -0.459 e. The van der Waals surface area contributed by atoms with Gasteiger partial charge in [-0.3, -0.25) is 0 Å². The Bertz CT molecular complexity index is 4080. The van der Waals surface area contributed by atoms with Crippen LogP contribution in [0.2, 0.25) is 0 Å². The molecule has 8 aromatic carbocycles.